The van der Waals surface area contributed by atoms with Crippen LogP contribution in [0.5, 0.6) is 11.5 Å². The van der Waals surface area contributed by atoms with Gasteiger partial charge in [0.15, 0.2) is 0 Å². The van der Waals surface area contributed by atoms with Gasteiger partial charge in [0, 0.05) is 25.8 Å². The van der Waals surface area contributed by atoms with Crippen molar-refractivity contribution >= 4 is 11.8 Å². The molecule has 6 nitrogen and oxygen atoms in total. The Labute approximate surface area is 183 Å². The highest BCUT2D eigenvalue weighted by Gasteiger charge is 2.28. The molecule has 2 aliphatic rings. The Hall–Kier alpha value is -2.86. The van der Waals surface area contributed by atoms with E-state index in [4.69, 9.17) is 9.47 Å². The predicted molar refractivity (Wildman–Crippen MR) is 118 cm³/mol. The molecule has 0 unspecified atom stereocenters. The van der Waals surface area contributed by atoms with Crippen molar-refractivity contribution in [2.24, 2.45) is 0 Å². The first-order chi connectivity index (χ1) is 15.1. The first-order valence-corrected chi connectivity index (χ1v) is 11.2. The van der Waals surface area contributed by atoms with Gasteiger partial charge in [-0.25, -0.2) is 0 Å². The van der Waals surface area contributed by atoms with Gasteiger partial charge in [-0.1, -0.05) is 31.2 Å². The number of likely N-dealkylation sites (tertiary alicyclic amines) is 1. The van der Waals surface area contributed by atoms with Crippen molar-refractivity contribution in [2.45, 2.75) is 45.6 Å². The molecule has 0 saturated carbocycles. The lowest BCUT2D eigenvalue weighted by atomic mass is 10.1. The van der Waals surface area contributed by atoms with Gasteiger partial charge in [-0.15, -0.1) is 0 Å². The molecule has 2 aromatic carbocycles. The maximum Gasteiger partial charge on any atom is 0.229 e. The zero-order valence-electron chi connectivity index (χ0n) is 18.1. The van der Waals surface area contributed by atoms with Gasteiger partial charge in [0.05, 0.1) is 13.2 Å². The van der Waals surface area contributed by atoms with Crippen molar-refractivity contribution in [3.8, 4) is 11.5 Å². The molecule has 1 N–H and O–H groups in total. The first-order valence-electron chi connectivity index (χ1n) is 11.2. The molecule has 2 aliphatic heterocycles. The molecule has 31 heavy (non-hydrogen) atoms. The number of nitrogens with zero attached hydrogens (tertiary/aromatic N) is 1. The summed E-state index contributed by atoms with van der Waals surface area (Å²) < 4.78 is 11.5. The number of amides is 2. The van der Waals surface area contributed by atoms with Crippen LogP contribution in [-0.4, -0.2) is 43.0 Å². The lowest BCUT2D eigenvalue weighted by Crippen LogP contribution is -2.33. The molecule has 0 bridgehead atoms. The number of hydrogen-bond acceptors (Lipinski definition) is 5. The van der Waals surface area contributed by atoms with Gasteiger partial charge in [-0.2, -0.15) is 0 Å². The van der Waals surface area contributed by atoms with Gasteiger partial charge in [0.25, 0.3) is 0 Å². The predicted octanol–water partition coefficient (Wildman–Crippen LogP) is 3.04. The molecule has 0 aromatic heterocycles. The normalized spacial score (nSPS) is 15.3. The van der Waals surface area contributed by atoms with E-state index in [1.54, 1.807) is 0 Å². The summed E-state index contributed by atoms with van der Waals surface area (Å²) in [4.78, 5) is 24.7. The standard InChI is InChI=1S/C25H30N2O4/c1-2-20-16-19(4-6-22(20)31-14-12-27-24(28)7-8-25(27)29)17-26-11-9-18-3-5-23-21(15-18)10-13-30-23/h3-6,15-16,26H,2,7-14,17H2,1H3. The van der Waals surface area contributed by atoms with Crippen LogP contribution in [0, 0.1) is 0 Å². The number of carbonyl (C=O) groups is 2. The molecule has 164 valence electrons. The minimum absolute atomic E-state index is 0.0982. The Kier molecular flexibility index (Phi) is 6.87. The van der Waals surface area contributed by atoms with Crippen molar-refractivity contribution in [2.75, 3.05) is 26.3 Å². The minimum atomic E-state index is -0.0982. The summed E-state index contributed by atoms with van der Waals surface area (Å²) >= 11 is 0. The van der Waals surface area contributed by atoms with Crippen LogP contribution in [0.4, 0.5) is 0 Å². The molecule has 0 atom stereocenters. The van der Waals surface area contributed by atoms with E-state index in [9.17, 15) is 9.59 Å². The molecule has 0 spiro atoms. The van der Waals surface area contributed by atoms with Crippen LogP contribution in [0.15, 0.2) is 36.4 Å². The quantitative estimate of drug-likeness (QED) is 0.471. The molecule has 4 rings (SSSR count). The maximum absolute atomic E-state index is 11.7. The molecule has 1 saturated heterocycles. The molecule has 2 aromatic rings. The summed E-state index contributed by atoms with van der Waals surface area (Å²) in [6, 6.07) is 12.7. The number of fused-ring (bicyclic) bond motifs is 1. The topological polar surface area (TPSA) is 67.9 Å². The number of carbonyl (C=O) groups excluding carboxylic acids is 2. The van der Waals surface area contributed by atoms with E-state index >= 15 is 0 Å². The smallest absolute Gasteiger partial charge is 0.229 e. The van der Waals surface area contributed by atoms with Gasteiger partial charge < -0.3 is 14.8 Å². The van der Waals surface area contributed by atoms with Crippen LogP contribution in [0.1, 0.15) is 42.0 Å². The second kappa shape index (κ2) is 9.96. The summed E-state index contributed by atoms with van der Waals surface area (Å²) in [6.45, 7) is 5.26. The summed E-state index contributed by atoms with van der Waals surface area (Å²) in [5.74, 6) is 1.66. The summed E-state index contributed by atoms with van der Waals surface area (Å²) in [5, 5.41) is 3.52. The van der Waals surface area contributed by atoms with Crippen LogP contribution in [-0.2, 0) is 35.4 Å². The number of benzene rings is 2. The number of rotatable bonds is 10. The molecule has 1 fully saturated rings. The molecular formula is C25H30N2O4. The lowest BCUT2D eigenvalue weighted by Gasteiger charge is -2.16. The second-order valence-electron chi connectivity index (χ2n) is 8.05. The number of hydrogen-bond donors (Lipinski definition) is 1. The highest BCUT2D eigenvalue weighted by atomic mass is 16.5. The first kappa shape index (κ1) is 21.4. The largest absolute Gasteiger partial charge is 0.493 e. The highest BCUT2D eigenvalue weighted by molar-refractivity contribution is 6.01. The van der Waals surface area contributed by atoms with Crippen molar-refractivity contribution in [3.63, 3.8) is 0 Å². The van der Waals surface area contributed by atoms with E-state index in [0.29, 0.717) is 26.0 Å². The highest BCUT2D eigenvalue weighted by Crippen LogP contribution is 2.26. The second-order valence-corrected chi connectivity index (χ2v) is 8.05. The summed E-state index contributed by atoms with van der Waals surface area (Å²) in [6.07, 6.45) is 3.50. The van der Waals surface area contributed by atoms with Gasteiger partial charge in [0.2, 0.25) is 11.8 Å². The third-order valence-electron chi connectivity index (χ3n) is 5.91. The van der Waals surface area contributed by atoms with Gasteiger partial charge in [0.1, 0.15) is 18.1 Å². The Morgan fingerprint density at radius 1 is 1.03 bits per heavy atom. The Morgan fingerprint density at radius 2 is 1.84 bits per heavy atom. The van der Waals surface area contributed by atoms with Crippen LogP contribution in [0.2, 0.25) is 0 Å². The fourth-order valence-corrected chi connectivity index (χ4v) is 4.14. The Bertz CT molecular complexity index is 941. The van der Waals surface area contributed by atoms with Crippen LogP contribution < -0.4 is 14.8 Å². The van der Waals surface area contributed by atoms with Crippen molar-refractivity contribution in [3.05, 3.63) is 58.7 Å². The number of nitrogens with one attached hydrogen (secondary N) is 1. The van der Waals surface area contributed by atoms with Gasteiger partial charge >= 0.3 is 0 Å². The fourth-order valence-electron chi connectivity index (χ4n) is 4.14. The Balaban J connectivity index is 1.23. The Morgan fingerprint density at radius 3 is 2.65 bits per heavy atom. The fraction of sp³-hybridized carbons (Fsp3) is 0.440. The summed E-state index contributed by atoms with van der Waals surface area (Å²) in [5.41, 5.74) is 5.01. The molecule has 0 aliphatic carbocycles. The average Bonchev–Trinajstić information content (AvgIpc) is 3.38. The minimum Gasteiger partial charge on any atom is -0.493 e. The molecule has 6 heteroatoms. The van der Waals surface area contributed by atoms with Crippen molar-refractivity contribution in [1.29, 1.82) is 0 Å². The monoisotopic (exact) mass is 422 g/mol. The zero-order chi connectivity index (χ0) is 21.6. The van der Waals surface area contributed by atoms with E-state index in [-0.39, 0.29) is 11.8 Å². The lowest BCUT2D eigenvalue weighted by molar-refractivity contribution is -0.138. The van der Waals surface area contributed by atoms with E-state index in [1.165, 1.54) is 21.6 Å². The van der Waals surface area contributed by atoms with Crippen LogP contribution >= 0.6 is 0 Å². The zero-order valence-corrected chi connectivity index (χ0v) is 18.1. The van der Waals surface area contributed by atoms with E-state index in [0.717, 1.165) is 56.0 Å². The van der Waals surface area contributed by atoms with Crippen LogP contribution in [0.3, 0.4) is 0 Å². The molecule has 0 radical (unpaired) electrons. The molecular weight excluding hydrogens is 392 g/mol. The molecule has 2 amide bonds. The maximum atomic E-state index is 11.7. The van der Waals surface area contributed by atoms with Crippen molar-refractivity contribution in [1.82, 2.24) is 10.2 Å². The van der Waals surface area contributed by atoms with E-state index in [1.807, 2.05) is 6.07 Å². The molecule has 2 heterocycles. The third kappa shape index (κ3) is 5.25. The van der Waals surface area contributed by atoms with E-state index in [2.05, 4.69) is 42.6 Å². The number of ether oxygens (including phenoxy) is 2. The summed E-state index contributed by atoms with van der Waals surface area (Å²) in [7, 11) is 0. The average molecular weight is 423 g/mol. The SMILES string of the molecule is CCc1cc(CNCCc2ccc3c(c2)CCO3)ccc1OCCN1C(=O)CCC1=O. The van der Waals surface area contributed by atoms with Gasteiger partial charge in [-0.3, -0.25) is 14.5 Å². The number of imide groups is 1. The van der Waals surface area contributed by atoms with Gasteiger partial charge in [-0.05, 0) is 53.8 Å². The van der Waals surface area contributed by atoms with Crippen LogP contribution in [0.25, 0.3) is 0 Å². The third-order valence-corrected chi connectivity index (χ3v) is 5.91. The van der Waals surface area contributed by atoms with Crippen molar-refractivity contribution < 1.29 is 19.1 Å². The number of aryl methyl sites for hydroxylation is 1. The van der Waals surface area contributed by atoms with E-state index < -0.39 is 0 Å².